The van der Waals surface area contributed by atoms with Crippen LogP contribution < -0.4 is 5.32 Å². The van der Waals surface area contributed by atoms with Crippen LogP contribution in [0.25, 0.3) is 0 Å². The first-order valence-corrected chi connectivity index (χ1v) is 7.86. The molecule has 1 aromatic carbocycles. The molecular weight excluding hydrogens is 274 g/mol. The number of hydrogen-bond donors (Lipinski definition) is 1. The van der Waals surface area contributed by atoms with E-state index in [-0.39, 0.29) is 0 Å². The Labute approximate surface area is 114 Å². The van der Waals surface area contributed by atoms with Crippen molar-refractivity contribution in [3.63, 3.8) is 0 Å². The molecular formula is C15H24BrN. The first kappa shape index (κ1) is 14.7. The van der Waals surface area contributed by atoms with E-state index in [1.807, 2.05) is 0 Å². The Morgan fingerprint density at radius 3 is 2.24 bits per heavy atom. The van der Waals surface area contributed by atoms with Gasteiger partial charge in [-0.15, -0.1) is 0 Å². The lowest BCUT2D eigenvalue weighted by atomic mass is 10.1. The van der Waals surface area contributed by atoms with Crippen molar-refractivity contribution in [3.8, 4) is 0 Å². The van der Waals surface area contributed by atoms with Crippen LogP contribution in [-0.4, -0.2) is 18.4 Å². The predicted octanol–water partition coefficient (Wildman–Crippen LogP) is 4.16. The number of rotatable bonds is 10. The summed E-state index contributed by atoms with van der Waals surface area (Å²) in [6.07, 6.45) is 7.74. The molecule has 1 N–H and O–H groups in total. The zero-order valence-corrected chi connectivity index (χ0v) is 12.2. The summed E-state index contributed by atoms with van der Waals surface area (Å²) in [5.41, 5.74) is 1.46. The highest BCUT2D eigenvalue weighted by molar-refractivity contribution is 9.09. The van der Waals surface area contributed by atoms with Crippen LogP contribution in [-0.2, 0) is 6.42 Å². The van der Waals surface area contributed by atoms with Crippen molar-refractivity contribution in [2.45, 2.75) is 38.5 Å². The van der Waals surface area contributed by atoms with Crippen molar-refractivity contribution in [2.75, 3.05) is 18.4 Å². The predicted molar refractivity (Wildman–Crippen MR) is 79.9 cm³/mol. The molecule has 0 aromatic heterocycles. The minimum absolute atomic E-state index is 1.14. The van der Waals surface area contributed by atoms with E-state index < -0.39 is 0 Å². The summed E-state index contributed by atoms with van der Waals surface area (Å²) in [6, 6.07) is 10.8. The summed E-state index contributed by atoms with van der Waals surface area (Å²) >= 11 is 3.45. The highest BCUT2D eigenvalue weighted by Gasteiger charge is 1.92. The maximum atomic E-state index is 3.52. The van der Waals surface area contributed by atoms with E-state index in [4.69, 9.17) is 0 Å². The lowest BCUT2D eigenvalue weighted by Crippen LogP contribution is -2.16. The SMILES string of the molecule is BrCCCCCNCCCCc1ccccc1. The third kappa shape index (κ3) is 8.39. The van der Waals surface area contributed by atoms with Gasteiger partial charge < -0.3 is 5.32 Å². The number of unbranched alkanes of at least 4 members (excludes halogenated alkanes) is 3. The van der Waals surface area contributed by atoms with Crippen LogP contribution in [0.4, 0.5) is 0 Å². The van der Waals surface area contributed by atoms with Crippen molar-refractivity contribution in [2.24, 2.45) is 0 Å². The Balaban J connectivity index is 1.85. The number of halogens is 1. The highest BCUT2D eigenvalue weighted by atomic mass is 79.9. The smallest absolute Gasteiger partial charge is 0.00313 e. The second-order valence-corrected chi connectivity index (χ2v) is 5.24. The Kier molecular flexibility index (Phi) is 9.34. The van der Waals surface area contributed by atoms with Gasteiger partial charge in [0.2, 0.25) is 0 Å². The molecule has 17 heavy (non-hydrogen) atoms. The Bertz CT molecular complexity index is 261. The van der Waals surface area contributed by atoms with Crippen LogP contribution in [0.1, 0.15) is 37.7 Å². The molecule has 0 aliphatic heterocycles. The molecule has 1 rings (SSSR count). The lowest BCUT2D eigenvalue weighted by molar-refractivity contribution is 0.587. The molecule has 0 bridgehead atoms. The van der Waals surface area contributed by atoms with E-state index >= 15 is 0 Å². The summed E-state index contributed by atoms with van der Waals surface area (Å²) in [4.78, 5) is 0. The molecule has 0 aliphatic carbocycles. The van der Waals surface area contributed by atoms with E-state index in [1.54, 1.807) is 0 Å². The number of benzene rings is 1. The lowest BCUT2D eigenvalue weighted by Gasteiger charge is -2.04. The third-order valence-corrected chi connectivity index (χ3v) is 3.46. The minimum atomic E-state index is 1.14. The van der Waals surface area contributed by atoms with E-state index in [9.17, 15) is 0 Å². The molecule has 1 aromatic rings. The molecule has 0 amide bonds. The van der Waals surface area contributed by atoms with E-state index in [0.29, 0.717) is 0 Å². The molecule has 0 radical (unpaired) electrons. The Hall–Kier alpha value is -0.340. The van der Waals surface area contributed by atoms with Gasteiger partial charge in [-0.2, -0.15) is 0 Å². The standard InChI is InChI=1S/C15H24BrN/c16-12-6-2-7-13-17-14-8-5-11-15-9-3-1-4-10-15/h1,3-4,9-10,17H,2,5-8,11-14H2. The molecule has 1 nitrogen and oxygen atoms in total. The summed E-state index contributed by atoms with van der Waals surface area (Å²) < 4.78 is 0. The van der Waals surface area contributed by atoms with Crippen molar-refractivity contribution < 1.29 is 0 Å². The summed E-state index contributed by atoms with van der Waals surface area (Å²) in [6.45, 7) is 2.35. The van der Waals surface area contributed by atoms with Gasteiger partial charge in [0.25, 0.3) is 0 Å². The Morgan fingerprint density at radius 2 is 1.53 bits per heavy atom. The van der Waals surface area contributed by atoms with Crippen molar-refractivity contribution in [3.05, 3.63) is 35.9 Å². The first-order valence-electron chi connectivity index (χ1n) is 6.74. The topological polar surface area (TPSA) is 12.0 Å². The van der Waals surface area contributed by atoms with E-state index in [2.05, 4.69) is 51.6 Å². The summed E-state index contributed by atoms with van der Waals surface area (Å²) in [5, 5.41) is 4.66. The monoisotopic (exact) mass is 297 g/mol. The number of alkyl halides is 1. The minimum Gasteiger partial charge on any atom is -0.317 e. The second kappa shape index (κ2) is 10.8. The van der Waals surface area contributed by atoms with Gasteiger partial charge in [0, 0.05) is 5.33 Å². The fourth-order valence-corrected chi connectivity index (χ4v) is 2.27. The van der Waals surface area contributed by atoms with Crippen LogP contribution in [0.15, 0.2) is 30.3 Å². The molecule has 0 heterocycles. The van der Waals surface area contributed by atoms with Gasteiger partial charge in [0.15, 0.2) is 0 Å². The number of hydrogen-bond acceptors (Lipinski definition) is 1. The fraction of sp³-hybridized carbons (Fsp3) is 0.600. The van der Waals surface area contributed by atoms with Crippen LogP contribution in [0.5, 0.6) is 0 Å². The largest absolute Gasteiger partial charge is 0.317 e. The number of nitrogens with one attached hydrogen (secondary N) is 1. The second-order valence-electron chi connectivity index (χ2n) is 4.44. The Morgan fingerprint density at radius 1 is 0.824 bits per heavy atom. The van der Waals surface area contributed by atoms with Gasteiger partial charge in [0.05, 0.1) is 0 Å². The van der Waals surface area contributed by atoms with Gasteiger partial charge >= 0.3 is 0 Å². The molecule has 96 valence electrons. The van der Waals surface area contributed by atoms with Gasteiger partial charge in [0.1, 0.15) is 0 Å². The van der Waals surface area contributed by atoms with Crippen molar-refractivity contribution in [1.82, 2.24) is 5.32 Å². The maximum Gasteiger partial charge on any atom is 0.00313 e. The molecule has 0 atom stereocenters. The third-order valence-electron chi connectivity index (χ3n) is 2.90. The number of aryl methyl sites for hydroxylation is 1. The van der Waals surface area contributed by atoms with Crippen LogP contribution >= 0.6 is 15.9 Å². The van der Waals surface area contributed by atoms with Crippen LogP contribution in [0.2, 0.25) is 0 Å². The zero-order valence-electron chi connectivity index (χ0n) is 10.6. The van der Waals surface area contributed by atoms with E-state index in [0.717, 1.165) is 5.33 Å². The maximum absolute atomic E-state index is 3.52. The van der Waals surface area contributed by atoms with Gasteiger partial charge in [-0.1, -0.05) is 52.7 Å². The normalized spacial score (nSPS) is 10.6. The quantitative estimate of drug-likeness (QED) is 0.505. The van der Waals surface area contributed by atoms with Crippen LogP contribution in [0, 0.1) is 0 Å². The summed E-state index contributed by atoms with van der Waals surface area (Å²) in [7, 11) is 0. The van der Waals surface area contributed by atoms with Crippen molar-refractivity contribution in [1.29, 1.82) is 0 Å². The average molecular weight is 298 g/mol. The molecule has 0 saturated carbocycles. The summed E-state index contributed by atoms with van der Waals surface area (Å²) in [5.74, 6) is 0. The molecule has 0 spiro atoms. The van der Waals surface area contributed by atoms with Crippen LogP contribution in [0.3, 0.4) is 0 Å². The average Bonchev–Trinajstić information content (AvgIpc) is 2.38. The van der Waals surface area contributed by atoms with Gasteiger partial charge in [-0.25, -0.2) is 0 Å². The highest BCUT2D eigenvalue weighted by Crippen LogP contribution is 2.03. The molecule has 0 fully saturated rings. The molecule has 0 aliphatic rings. The van der Waals surface area contributed by atoms with E-state index in [1.165, 1.54) is 57.2 Å². The van der Waals surface area contributed by atoms with Gasteiger partial charge in [-0.05, 0) is 50.8 Å². The fourth-order valence-electron chi connectivity index (χ4n) is 1.87. The van der Waals surface area contributed by atoms with Crippen molar-refractivity contribution >= 4 is 15.9 Å². The zero-order chi connectivity index (χ0) is 12.2. The van der Waals surface area contributed by atoms with Gasteiger partial charge in [-0.3, -0.25) is 0 Å². The molecule has 0 unspecified atom stereocenters. The first-order chi connectivity index (χ1) is 8.43. The molecule has 0 saturated heterocycles. The molecule has 2 heteroatoms.